The van der Waals surface area contributed by atoms with E-state index in [-0.39, 0.29) is 34.7 Å². The fourth-order valence-electron chi connectivity index (χ4n) is 3.34. The first-order valence-electron chi connectivity index (χ1n) is 10.3. The third-order valence-corrected chi connectivity index (χ3v) is 5.19. The molecule has 10 nitrogen and oxygen atoms in total. The molecule has 0 aliphatic rings. The highest BCUT2D eigenvalue weighted by Crippen LogP contribution is 2.12. The van der Waals surface area contributed by atoms with Gasteiger partial charge in [-0.1, -0.05) is 30.3 Å². The van der Waals surface area contributed by atoms with Gasteiger partial charge in [0.25, 0.3) is 5.56 Å². The molecule has 10 heteroatoms. The number of nitrogens with one attached hydrogen (secondary N) is 3. The number of fused-ring (bicyclic) bond motifs is 1. The summed E-state index contributed by atoms with van der Waals surface area (Å²) in [6.07, 6.45) is 2.35. The van der Waals surface area contributed by atoms with Crippen LogP contribution in [0.2, 0.25) is 0 Å². The maximum Gasteiger partial charge on any atom is 0.293 e. The Morgan fingerprint density at radius 2 is 2.00 bits per heavy atom. The van der Waals surface area contributed by atoms with Crippen LogP contribution in [-0.4, -0.2) is 42.4 Å². The molecule has 3 N–H and O–H groups in total. The summed E-state index contributed by atoms with van der Waals surface area (Å²) in [5.74, 6) is -0.0489. The summed E-state index contributed by atoms with van der Waals surface area (Å²) in [4.78, 5) is 34.0. The number of carbonyl (C=O) groups is 1. The fourth-order valence-corrected chi connectivity index (χ4v) is 3.34. The number of amides is 1. The zero-order valence-electron chi connectivity index (χ0n) is 17.9. The summed E-state index contributed by atoms with van der Waals surface area (Å²) in [5, 5.41) is 16.4. The van der Waals surface area contributed by atoms with E-state index in [1.165, 1.54) is 10.1 Å². The highest BCUT2D eigenvalue weighted by molar-refractivity contribution is 5.76. The van der Waals surface area contributed by atoms with Crippen LogP contribution < -0.4 is 16.2 Å². The molecule has 0 fully saturated rings. The Balaban J connectivity index is 0.00000204. The standard InChI is InChI=1S/C22H24N8O2.3H2/c1-14-11-25-21(23-9-8-16-6-4-3-5-7-16)22(32)30(14)13-19(31)24-12-17-10-18-20(26-15(17)2)28-29-27-18;;;/h3-7,10-11H,8-9,12-13H2,1-2H3,(H,23,25)(H,24,31)(H,26,27,28,29);3*1H. The molecule has 0 radical (unpaired) electrons. The van der Waals surface area contributed by atoms with Crippen LogP contribution in [0, 0.1) is 13.8 Å². The minimum absolute atomic E-state index is 0. The summed E-state index contributed by atoms with van der Waals surface area (Å²) in [7, 11) is 0. The Morgan fingerprint density at radius 1 is 1.19 bits per heavy atom. The summed E-state index contributed by atoms with van der Waals surface area (Å²) in [5.41, 5.74) is 4.21. The van der Waals surface area contributed by atoms with E-state index in [1.807, 2.05) is 43.3 Å². The Labute approximate surface area is 188 Å². The number of nitrogens with zero attached hydrogens (tertiary/aromatic N) is 5. The molecule has 0 spiro atoms. The molecular formula is C22H30N8O2. The Hall–Kier alpha value is -4.08. The average Bonchev–Trinajstić information content (AvgIpc) is 3.24. The lowest BCUT2D eigenvalue weighted by Crippen LogP contribution is -2.34. The number of hydrogen-bond acceptors (Lipinski definition) is 7. The van der Waals surface area contributed by atoms with Crippen LogP contribution in [0.1, 0.15) is 26.8 Å². The molecule has 3 aromatic heterocycles. The van der Waals surface area contributed by atoms with Crippen molar-refractivity contribution in [3.63, 3.8) is 0 Å². The van der Waals surface area contributed by atoms with Gasteiger partial charge >= 0.3 is 0 Å². The predicted molar refractivity (Wildman–Crippen MR) is 126 cm³/mol. The monoisotopic (exact) mass is 438 g/mol. The number of aryl methyl sites for hydroxylation is 2. The van der Waals surface area contributed by atoms with Crippen LogP contribution in [0.25, 0.3) is 11.2 Å². The Kier molecular flexibility index (Phi) is 6.20. The summed E-state index contributed by atoms with van der Waals surface area (Å²) in [6.45, 7) is 4.35. The van der Waals surface area contributed by atoms with Gasteiger partial charge in [-0.25, -0.2) is 9.97 Å². The SMILES string of the molecule is Cc1nc2n[nH]nc2cc1CNC(=O)Cn1c(C)cnc(NCCc2ccccc2)c1=O.[HH].[HH].[HH]. The van der Waals surface area contributed by atoms with E-state index in [9.17, 15) is 9.59 Å². The summed E-state index contributed by atoms with van der Waals surface area (Å²) in [6, 6.07) is 11.8. The van der Waals surface area contributed by atoms with Gasteiger partial charge in [0, 0.05) is 35.0 Å². The molecule has 0 unspecified atom stereocenters. The molecule has 0 bridgehead atoms. The van der Waals surface area contributed by atoms with Gasteiger partial charge < -0.3 is 10.6 Å². The molecule has 0 aliphatic heterocycles. The smallest absolute Gasteiger partial charge is 0.293 e. The average molecular weight is 439 g/mol. The van der Waals surface area contributed by atoms with Crippen molar-refractivity contribution >= 4 is 22.9 Å². The highest BCUT2D eigenvalue weighted by atomic mass is 16.2. The highest BCUT2D eigenvalue weighted by Gasteiger charge is 2.13. The zero-order chi connectivity index (χ0) is 22.5. The first-order chi connectivity index (χ1) is 15.5. The van der Waals surface area contributed by atoms with Crippen molar-refractivity contribution in [2.24, 2.45) is 0 Å². The number of anilines is 1. The lowest BCUT2D eigenvalue weighted by atomic mass is 10.1. The van der Waals surface area contributed by atoms with Gasteiger partial charge in [0.15, 0.2) is 5.82 Å². The largest absolute Gasteiger partial charge is 0.365 e. The molecule has 0 saturated carbocycles. The van der Waals surface area contributed by atoms with E-state index in [0.717, 1.165) is 17.7 Å². The minimum Gasteiger partial charge on any atom is -0.365 e. The topological polar surface area (TPSA) is 130 Å². The van der Waals surface area contributed by atoms with Gasteiger partial charge in [-0.2, -0.15) is 10.3 Å². The van der Waals surface area contributed by atoms with E-state index < -0.39 is 0 Å². The van der Waals surface area contributed by atoms with E-state index in [4.69, 9.17) is 0 Å². The van der Waals surface area contributed by atoms with Crippen LogP contribution in [0.15, 0.2) is 47.4 Å². The first kappa shape index (κ1) is 21.2. The van der Waals surface area contributed by atoms with Crippen LogP contribution >= 0.6 is 0 Å². The lowest BCUT2D eigenvalue weighted by Gasteiger charge is -2.13. The third kappa shape index (κ3) is 4.80. The summed E-state index contributed by atoms with van der Waals surface area (Å²) < 4.78 is 1.42. The molecular weight excluding hydrogens is 408 g/mol. The molecule has 4 aromatic rings. The van der Waals surface area contributed by atoms with E-state index in [2.05, 4.69) is 36.0 Å². The summed E-state index contributed by atoms with van der Waals surface area (Å²) >= 11 is 0. The van der Waals surface area contributed by atoms with Crippen molar-refractivity contribution < 1.29 is 9.07 Å². The second-order valence-electron chi connectivity index (χ2n) is 7.48. The molecule has 0 saturated heterocycles. The van der Waals surface area contributed by atoms with Crippen molar-refractivity contribution in [3.05, 3.63) is 75.5 Å². The zero-order valence-corrected chi connectivity index (χ0v) is 17.9. The molecule has 0 atom stereocenters. The molecule has 4 rings (SSSR count). The van der Waals surface area contributed by atoms with Gasteiger partial charge in [0.2, 0.25) is 11.6 Å². The second kappa shape index (κ2) is 9.38. The quantitative estimate of drug-likeness (QED) is 0.384. The van der Waals surface area contributed by atoms with Crippen LogP contribution in [0.5, 0.6) is 0 Å². The van der Waals surface area contributed by atoms with Gasteiger partial charge in [-0.3, -0.25) is 14.2 Å². The van der Waals surface area contributed by atoms with Crippen LogP contribution in [0.4, 0.5) is 5.82 Å². The number of aromatic nitrogens is 6. The third-order valence-electron chi connectivity index (χ3n) is 5.19. The molecule has 1 aromatic carbocycles. The van der Waals surface area contributed by atoms with E-state index >= 15 is 0 Å². The number of H-pyrrole nitrogens is 1. The maximum atomic E-state index is 12.8. The van der Waals surface area contributed by atoms with Crippen molar-refractivity contribution in [1.29, 1.82) is 0 Å². The van der Waals surface area contributed by atoms with Crippen molar-refractivity contribution in [1.82, 2.24) is 35.3 Å². The number of hydrogen-bond donors (Lipinski definition) is 3. The molecule has 1 amide bonds. The molecule has 170 valence electrons. The molecule has 0 aliphatic carbocycles. The number of rotatable bonds is 8. The fraction of sp³-hybridized carbons (Fsp3) is 0.273. The van der Waals surface area contributed by atoms with Gasteiger partial charge in [-0.05, 0) is 37.5 Å². The first-order valence-corrected chi connectivity index (χ1v) is 10.3. The van der Waals surface area contributed by atoms with Gasteiger partial charge in [0.05, 0.1) is 0 Å². The van der Waals surface area contributed by atoms with Crippen LogP contribution in [-0.2, 0) is 24.3 Å². The van der Waals surface area contributed by atoms with E-state index in [1.54, 1.807) is 13.1 Å². The van der Waals surface area contributed by atoms with Crippen molar-refractivity contribution in [2.45, 2.75) is 33.4 Å². The number of carbonyl (C=O) groups excluding carboxylic acids is 1. The molecule has 3 heterocycles. The van der Waals surface area contributed by atoms with Crippen LogP contribution in [0.3, 0.4) is 0 Å². The van der Waals surface area contributed by atoms with E-state index in [0.29, 0.717) is 23.4 Å². The number of pyridine rings is 1. The van der Waals surface area contributed by atoms with Crippen molar-refractivity contribution in [2.75, 3.05) is 11.9 Å². The minimum atomic E-state index is -0.324. The van der Waals surface area contributed by atoms with Gasteiger partial charge in [0.1, 0.15) is 12.1 Å². The molecule has 32 heavy (non-hydrogen) atoms. The Bertz CT molecular complexity index is 1310. The number of aromatic amines is 1. The van der Waals surface area contributed by atoms with Gasteiger partial charge in [-0.15, -0.1) is 5.10 Å². The lowest BCUT2D eigenvalue weighted by molar-refractivity contribution is -0.121. The second-order valence-corrected chi connectivity index (χ2v) is 7.48. The predicted octanol–water partition coefficient (Wildman–Crippen LogP) is 2.24. The van der Waals surface area contributed by atoms with Crippen molar-refractivity contribution in [3.8, 4) is 0 Å². The number of benzene rings is 1. The Morgan fingerprint density at radius 3 is 2.81 bits per heavy atom. The maximum absolute atomic E-state index is 12.8. The normalized spacial score (nSPS) is 10.9.